The molecule has 0 radical (unpaired) electrons. The van der Waals surface area contributed by atoms with Gasteiger partial charge in [-0.2, -0.15) is 0 Å². The highest BCUT2D eigenvalue weighted by Crippen LogP contribution is 2.08. The molecule has 0 saturated carbocycles. The van der Waals surface area contributed by atoms with Gasteiger partial charge in [-0.25, -0.2) is 0 Å². The lowest BCUT2D eigenvalue weighted by Crippen LogP contribution is -2.33. The molecule has 94 valence electrons. The largest absolute Gasteiger partial charge is 0.341 e. The van der Waals surface area contributed by atoms with Crippen molar-refractivity contribution in [3.8, 4) is 0 Å². The fourth-order valence-electron chi connectivity index (χ4n) is 1.73. The molecule has 1 aromatic carbocycles. The number of benzene rings is 1. The van der Waals surface area contributed by atoms with Gasteiger partial charge in [0.1, 0.15) is 0 Å². The van der Waals surface area contributed by atoms with Gasteiger partial charge >= 0.3 is 0 Å². The van der Waals surface area contributed by atoms with Crippen LogP contribution in [0.4, 0.5) is 0 Å². The molecule has 1 rings (SSSR count). The second-order valence-corrected chi connectivity index (χ2v) is 4.58. The lowest BCUT2D eigenvalue weighted by molar-refractivity contribution is 0.0777. The van der Waals surface area contributed by atoms with Crippen LogP contribution in [0.5, 0.6) is 0 Å². The normalized spacial score (nSPS) is 12.2. The quantitative estimate of drug-likeness (QED) is 0.846. The SMILES string of the molecule is CCc1ccc(C(=O)N(C)CC(C)CN)cc1. The summed E-state index contributed by atoms with van der Waals surface area (Å²) in [5, 5.41) is 0. The number of rotatable bonds is 5. The van der Waals surface area contributed by atoms with Gasteiger partial charge in [0.05, 0.1) is 0 Å². The summed E-state index contributed by atoms with van der Waals surface area (Å²) in [6, 6.07) is 7.80. The van der Waals surface area contributed by atoms with E-state index in [1.54, 1.807) is 4.90 Å². The molecule has 2 N–H and O–H groups in total. The van der Waals surface area contributed by atoms with Gasteiger partial charge in [0, 0.05) is 19.2 Å². The third-order valence-electron chi connectivity index (χ3n) is 2.94. The predicted molar refractivity (Wildman–Crippen MR) is 71.0 cm³/mol. The summed E-state index contributed by atoms with van der Waals surface area (Å²) < 4.78 is 0. The number of carbonyl (C=O) groups excluding carboxylic acids is 1. The van der Waals surface area contributed by atoms with Crippen molar-refractivity contribution in [1.29, 1.82) is 0 Å². The third kappa shape index (κ3) is 3.86. The van der Waals surface area contributed by atoms with Crippen LogP contribution in [0.3, 0.4) is 0 Å². The summed E-state index contributed by atoms with van der Waals surface area (Å²) in [4.78, 5) is 13.8. The molecular weight excluding hydrogens is 212 g/mol. The van der Waals surface area contributed by atoms with Gasteiger partial charge < -0.3 is 10.6 Å². The molecule has 1 amide bonds. The Hall–Kier alpha value is -1.35. The van der Waals surface area contributed by atoms with Crippen LogP contribution in [0.15, 0.2) is 24.3 Å². The van der Waals surface area contributed by atoms with E-state index in [-0.39, 0.29) is 5.91 Å². The zero-order chi connectivity index (χ0) is 12.8. The van der Waals surface area contributed by atoms with Crippen molar-refractivity contribution in [3.05, 3.63) is 35.4 Å². The van der Waals surface area contributed by atoms with Gasteiger partial charge in [-0.05, 0) is 36.6 Å². The molecule has 17 heavy (non-hydrogen) atoms. The van der Waals surface area contributed by atoms with Crippen molar-refractivity contribution in [2.75, 3.05) is 20.1 Å². The highest BCUT2D eigenvalue weighted by molar-refractivity contribution is 5.94. The first kappa shape index (κ1) is 13.7. The van der Waals surface area contributed by atoms with Crippen LogP contribution in [0.2, 0.25) is 0 Å². The average molecular weight is 234 g/mol. The Morgan fingerprint density at radius 3 is 2.41 bits per heavy atom. The number of amides is 1. The molecule has 0 saturated heterocycles. The molecule has 1 aromatic rings. The smallest absolute Gasteiger partial charge is 0.253 e. The van der Waals surface area contributed by atoms with Crippen molar-refractivity contribution < 1.29 is 4.79 Å². The van der Waals surface area contributed by atoms with E-state index < -0.39 is 0 Å². The van der Waals surface area contributed by atoms with E-state index in [1.165, 1.54) is 5.56 Å². The fraction of sp³-hybridized carbons (Fsp3) is 0.500. The molecule has 0 aliphatic carbocycles. The molecular formula is C14H22N2O. The molecule has 0 fully saturated rings. The molecule has 0 aliphatic rings. The van der Waals surface area contributed by atoms with E-state index in [0.717, 1.165) is 12.0 Å². The van der Waals surface area contributed by atoms with E-state index in [4.69, 9.17) is 5.73 Å². The monoisotopic (exact) mass is 234 g/mol. The van der Waals surface area contributed by atoms with Crippen LogP contribution < -0.4 is 5.73 Å². The molecule has 0 bridgehead atoms. The number of hydrogen-bond donors (Lipinski definition) is 1. The Morgan fingerprint density at radius 2 is 1.94 bits per heavy atom. The summed E-state index contributed by atoms with van der Waals surface area (Å²) in [6.45, 7) is 5.45. The van der Waals surface area contributed by atoms with E-state index in [0.29, 0.717) is 19.0 Å². The molecule has 1 atom stereocenters. The second kappa shape index (κ2) is 6.40. The number of carbonyl (C=O) groups is 1. The van der Waals surface area contributed by atoms with Gasteiger partial charge in [0.15, 0.2) is 0 Å². The van der Waals surface area contributed by atoms with Crippen LogP contribution in [0, 0.1) is 5.92 Å². The lowest BCUT2D eigenvalue weighted by Gasteiger charge is -2.20. The summed E-state index contributed by atoms with van der Waals surface area (Å²) >= 11 is 0. The van der Waals surface area contributed by atoms with Crippen molar-refractivity contribution >= 4 is 5.91 Å². The van der Waals surface area contributed by atoms with Crippen molar-refractivity contribution in [3.63, 3.8) is 0 Å². The molecule has 1 unspecified atom stereocenters. The molecule has 0 aliphatic heterocycles. The second-order valence-electron chi connectivity index (χ2n) is 4.58. The van der Waals surface area contributed by atoms with Gasteiger partial charge in [-0.1, -0.05) is 26.0 Å². The summed E-state index contributed by atoms with van der Waals surface area (Å²) in [5.41, 5.74) is 7.55. The number of nitrogens with two attached hydrogens (primary N) is 1. The topological polar surface area (TPSA) is 46.3 Å². The maximum atomic E-state index is 12.1. The summed E-state index contributed by atoms with van der Waals surface area (Å²) in [7, 11) is 1.82. The minimum Gasteiger partial charge on any atom is -0.341 e. The molecule has 0 heterocycles. The molecule has 0 spiro atoms. The van der Waals surface area contributed by atoms with E-state index in [2.05, 4.69) is 6.92 Å². The Kier molecular flexibility index (Phi) is 5.16. The lowest BCUT2D eigenvalue weighted by atomic mass is 10.1. The number of aryl methyl sites for hydroxylation is 1. The summed E-state index contributed by atoms with van der Waals surface area (Å²) in [5.74, 6) is 0.395. The third-order valence-corrected chi connectivity index (χ3v) is 2.94. The maximum absolute atomic E-state index is 12.1. The first-order valence-electron chi connectivity index (χ1n) is 6.13. The van der Waals surface area contributed by atoms with E-state index in [1.807, 2.05) is 38.2 Å². The maximum Gasteiger partial charge on any atom is 0.253 e. The van der Waals surface area contributed by atoms with Crippen molar-refractivity contribution in [2.45, 2.75) is 20.3 Å². The Morgan fingerprint density at radius 1 is 1.35 bits per heavy atom. The molecule has 0 aromatic heterocycles. The average Bonchev–Trinajstić information content (AvgIpc) is 2.37. The Bertz CT molecular complexity index is 359. The number of nitrogens with zero attached hydrogens (tertiary/aromatic N) is 1. The van der Waals surface area contributed by atoms with Gasteiger partial charge in [0.25, 0.3) is 5.91 Å². The van der Waals surface area contributed by atoms with Gasteiger partial charge in [-0.15, -0.1) is 0 Å². The Balaban J connectivity index is 2.67. The van der Waals surface area contributed by atoms with Crippen molar-refractivity contribution in [1.82, 2.24) is 4.90 Å². The zero-order valence-electron chi connectivity index (χ0n) is 10.9. The van der Waals surface area contributed by atoms with Crippen molar-refractivity contribution in [2.24, 2.45) is 11.7 Å². The minimum atomic E-state index is 0.0629. The molecule has 3 heteroatoms. The van der Waals surface area contributed by atoms with Crippen LogP contribution in [0.1, 0.15) is 29.8 Å². The number of hydrogen-bond acceptors (Lipinski definition) is 2. The fourth-order valence-corrected chi connectivity index (χ4v) is 1.73. The minimum absolute atomic E-state index is 0.0629. The summed E-state index contributed by atoms with van der Waals surface area (Å²) in [6.07, 6.45) is 0.995. The highest BCUT2D eigenvalue weighted by Gasteiger charge is 2.13. The van der Waals surface area contributed by atoms with Crippen LogP contribution in [0.25, 0.3) is 0 Å². The first-order valence-corrected chi connectivity index (χ1v) is 6.13. The Labute approximate surface area is 104 Å². The zero-order valence-corrected chi connectivity index (χ0v) is 10.9. The van der Waals surface area contributed by atoms with Crippen LogP contribution >= 0.6 is 0 Å². The highest BCUT2D eigenvalue weighted by atomic mass is 16.2. The first-order chi connectivity index (χ1) is 8.08. The van der Waals surface area contributed by atoms with E-state index in [9.17, 15) is 4.79 Å². The van der Waals surface area contributed by atoms with Crippen LogP contribution in [-0.4, -0.2) is 30.9 Å². The standard InChI is InChI=1S/C14H22N2O/c1-4-12-5-7-13(8-6-12)14(17)16(3)10-11(2)9-15/h5-8,11H,4,9-10,15H2,1-3H3. The predicted octanol–water partition coefficient (Wildman–Crippen LogP) is 1.92. The van der Waals surface area contributed by atoms with Gasteiger partial charge in [-0.3, -0.25) is 4.79 Å². The van der Waals surface area contributed by atoms with Gasteiger partial charge in [0.2, 0.25) is 0 Å². The van der Waals surface area contributed by atoms with E-state index >= 15 is 0 Å². The molecule has 3 nitrogen and oxygen atoms in total. The van der Waals surface area contributed by atoms with Crippen LogP contribution in [-0.2, 0) is 6.42 Å².